The zero-order valence-corrected chi connectivity index (χ0v) is 19.9. The molecule has 0 saturated carbocycles. The predicted molar refractivity (Wildman–Crippen MR) is 120 cm³/mol. The first-order valence-corrected chi connectivity index (χ1v) is 11.7. The van der Waals surface area contributed by atoms with Gasteiger partial charge >= 0.3 is 5.97 Å². The van der Waals surface area contributed by atoms with Gasteiger partial charge in [0.25, 0.3) is 0 Å². The van der Waals surface area contributed by atoms with E-state index in [1.54, 1.807) is 13.8 Å². The number of likely N-dealkylation sites (N-methyl/N-ethyl adjacent to an activating group) is 1. The van der Waals surface area contributed by atoms with Crippen molar-refractivity contribution in [3.05, 3.63) is 63.9 Å². The van der Waals surface area contributed by atoms with Crippen LogP contribution in [0.5, 0.6) is 0 Å². The van der Waals surface area contributed by atoms with Crippen LogP contribution < -0.4 is 5.32 Å². The number of nitrogens with one attached hydrogen (secondary N) is 1. The quantitative estimate of drug-likeness (QED) is 0.542. The number of rotatable bonds is 9. The molecule has 0 aliphatic carbocycles. The predicted octanol–water partition coefficient (Wildman–Crippen LogP) is 3.59. The van der Waals surface area contributed by atoms with Gasteiger partial charge in [0.2, 0.25) is 15.9 Å². The Balaban J connectivity index is 2.30. The summed E-state index contributed by atoms with van der Waals surface area (Å²) in [6.07, 6.45) is -0.105. The number of carboxylic acid groups (broad SMARTS) is 1. The number of carbonyl (C=O) groups is 2. The van der Waals surface area contributed by atoms with Crippen molar-refractivity contribution in [2.75, 3.05) is 7.05 Å². The topological polar surface area (TPSA) is 104 Å². The molecule has 7 nitrogen and oxygen atoms in total. The van der Waals surface area contributed by atoms with E-state index in [2.05, 4.69) is 5.32 Å². The molecule has 11 heteroatoms. The molecule has 0 radical (unpaired) electrons. The molecule has 0 spiro atoms. The summed E-state index contributed by atoms with van der Waals surface area (Å²) in [4.78, 5) is 24.5. The van der Waals surface area contributed by atoms with Crippen molar-refractivity contribution < 1.29 is 27.5 Å². The minimum absolute atomic E-state index is 0.105. The number of hydrogen-bond donors (Lipinski definition) is 2. The highest BCUT2D eigenvalue weighted by Gasteiger charge is 2.37. The summed E-state index contributed by atoms with van der Waals surface area (Å²) < 4.78 is 40.2. The molecular weight excluding hydrogens is 482 g/mol. The van der Waals surface area contributed by atoms with Crippen LogP contribution in [0.2, 0.25) is 10.0 Å². The SMILES string of the molecule is CC(C)[C@@H](C(=O)N[C@@H](Cc1ccc(F)cc1)C(=O)O)N(C)S(=O)(=O)c1cc(Cl)cc(Cl)c1. The molecule has 0 fully saturated rings. The smallest absolute Gasteiger partial charge is 0.326 e. The second-order valence-electron chi connectivity index (χ2n) is 7.55. The lowest BCUT2D eigenvalue weighted by atomic mass is 10.0. The summed E-state index contributed by atoms with van der Waals surface area (Å²) in [6, 6.07) is 6.44. The van der Waals surface area contributed by atoms with Crippen molar-refractivity contribution in [2.24, 2.45) is 5.92 Å². The Morgan fingerprint density at radius 2 is 1.62 bits per heavy atom. The van der Waals surface area contributed by atoms with Gasteiger partial charge in [0.15, 0.2) is 0 Å². The zero-order valence-electron chi connectivity index (χ0n) is 17.6. The van der Waals surface area contributed by atoms with Gasteiger partial charge in [-0.05, 0) is 41.8 Å². The van der Waals surface area contributed by atoms with E-state index in [1.165, 1.54) is 49.5 Å². The first-order valence-electron chi connectivity index (χ1n) is 9.54. The average molecular weight is 505 g/mol. The van der Waals surface area contributed by atoms with E-state index in [-0.39, 0.29) is 21.4 Å². The van der Waals surface area contributed by atoms with Gasteiger partial charge in [0.05, 0.1) is 4.90 Å². The van der Waals surface area contributed by atoms with Crippen LogP contribution in [0.25, 0.3) is 0 Å². The second-order valence-corrected chi connectivity index (χ2v) is 10.4. The van der Waals surface area contributed by atoms with Crippen LogP contribution in [-0.4, -0.2) is 48.8 Å². The highest BCUT2D eigenvalue weighted by atomic mass is 35.5. The van der Waals surface area contributed by atoms with Crippen molar-refractivity contribution in [3.8, 4) is 0 Å². The van der Waals surface area contributed by atoms with Gasteiger partial charge in [-0.3, -0.25) is 4.79 Å². The molecule has 32 heavy (non-hydrogen) atoms. The van der Waals surface area contributed by atoms with Gasteiger partial charge in [0.1, 0.15) is 17.9 Å². The van der Waals surface area contributed by atoms with Crippen molar-refractivity contribution in [1.82, 2.24) is 9.62 Å². The second kappa shape index (κ2) is 10.6. The van der Waals surface area contributed by atoms with Crippen LogP contribution >= 0.6 is 23.2 Å². The van der Waals surface area contributed by atoms with Crippen LogP contribution in [0.4, 0.5) is 4.39 Å². The van der Waals surface area contributed by atoms with Gasteiger partial charge in [-0.2, -0.15) is 4.31 Å². The van der Waals surface area contributed by atoms with Crippen LogP contribution in [-0.2, 0) is 26.0 Å². The average Bonchev–Trinajstić information content (AvgIpc) is 2.68. The van der Waals surface area contributed by atoms with Gasteiger partial charge in [0, 0.05) is 23.5 Å². The number of halogens is 3. The summed E-state index contributed by atoms with van der Waals surface area (Å²) in [5.41, 5.74) is 0.495. The number of benzene rings is 2. The van der Waals surface area contributed by atoms with E-state index in [0.717, 1.165) is 4.31 Å². The first-order chi connectivity index (χ1) is 14.8. The zero-order chi connectivity index (χ0) is 24.2. The minimum Gasteiger partial charge on any atom is -0.480 e. The molecule has 2 atom stereocenters. The van der Waals surface area contributed by atoms with E-state index in [1.807, 2.05) is 0 Å². The van der Waals surface area contributed by atoms with Crippen molar-refractivity contribution in [2.45, 2.75) is 37.2 Å². The summed E-state index contributed by atoms with van der Waals surface area (Å²) in [5.74, 6) is -3.06. The highest BCUT2D eigenvalue weighted by molar-refractivity contribution is 7.89. The molecule has 0 aromatic heterocycles. The van der Waals surface area contributed by atoms with Gasteiger partial charge in [-0.15, -0.1) is 0 Å². The summed E-state index contributed by atoms with van der Waals surface area (Å²) in [6.45, 7) is 3.27. The molecule has 0 aliphatic rings. The Bertz CT molecular complexity index is 1070. The van der Waals surface area contributed by atoms with Crippen molar-refractivity contribution in [3.63, 3.8) is 0 Å². The van der Waals surface area contributed by atoms with E-state index < -0.39 is 45.7 Å². The van der Waals surface area contributed by atoms with E-state index in [4.69, 9.17) is 23.2 Å². The highest BCUT2D eigenvalue weighted by Crippen LogP contribution is 2.26. The third-order valence-electron chi connectivity index (χ3n) is 4.77. The van der Waals surface area contributed by atoms with E-state index >= 15 is 0 Å². The Kier molecular flexibility index (Phi) is 8.64. The molecule has 2 N–H and O–H groups in total. The fraction of sp³-hybridized carbons (Fsp3) is 0.333. The standard InChI is InChI=1S/C21H23Cl2FN2O5S/c1-12(2)19(26(3)32(30,31)17-10-14(22)9-15(23)11-17)20(27)25-18(21(28)29)8-13-4-6-16(24)7-5-13/h4-7,9-12,18-19H,8H2,1-3H3,(H,25,27)(H,28,29)/t18-,19-/m0/s1. The number of carboxylic acids is 1. The van der Waals surface area contributed by atoms with E-state index in [9.17, 15) is 27.5 Å². The Morgan fingerprint density at radius 3 is 2.09 bits per heavy atom. The maximum Gasteiger partial charge on any atom is 0.326 e. The maximum absolute atomic E-state index is 13.1. The lowest BCUT2D eigenvalue weighted by Crippen LogP contribution is -2.54. The van der Waals surface area contributed by atoms with Crippen molar-refractivity contribution in [1.29, 1.82) is 0 Å². The molecule has 0 saturated heterocycles. The first kappa shape index (κ1) is 26.1. The van der Waals surface area contributed by atoms with E-state index in [0.29, 0.717) is 5.56 Å². The number of aliphatic carboxylic acids is 1. The third kappa shape index (κ3) is 6.41. The van der Waals surface area contributed by atoms with Gasteiger partial charge < -0.3 is 10.4 Å². The summed E-state index contributed by atoms with van der Waals surface area (Å²) in [5, 5.41) is 12.2. The largest absolute Gasteiger partial charge is 0.480 e. The van der Waals surface area contributed by atoms with Crippen LogP contribution in [0.1, 0.15) is 19.4 Å². The number of nitrogens with zero attached hydrogens (tertiary/aromatic N) is 1. The van der Waals surface area contributed by atoms with Crippen LogP contribution in [0.3, 0.4) is 0 Å². The molecule has 0 unspecified atom stereocenters. The van der Waals surface area contributed by atoms with Gasteiger partial charge in [-0.25, -0.2) is 17.6 Å². The molecule has 174 valence electrons. The molecule has 0 bridgehead atoms. The summed E-state index contributed by atoms with van der Waals surface area (Å²) >= 11 is 11.8. The molecule has 0 aliphatic heterocycles. The fourth-order valence-electron chi connectivity index (χ4n) is 3.19. The molecule has 0 heterocycles. The Morgan fingerprint density at radius 1 is 1.09 bits per heavy atom. The number of hydrogen-bond acceptors (Lipinski definition) is 4. The molecule has 1 amide bonds. The molecule has 2 aromatic carbocycles. The fourth-order valence-corrected chi connectivity index (χ4v) is 5.37. The Labute approximate surface area is 196 Å². The molecule has 2 rings (SSSR count). The molecular formula is C21H23Cl2FN2O5S. The minimum atomic E-state index is -4.18. The van der Waals surface area contributed by atoms with Crippen molar-refractivity contribution >= 4 is 45.1 Å². The number of carbonyl (C=O) groups excluding carboxylic acids is 1. The van der Waals surface area contributed by atoms with Crippen LogP contribution in [0.15, 0.2) is 47.4 Å². The Hall–Kier alpha value is -2.20. The number of amides is 1. The lowest BCUT2D eigenvalue weighted by molar-refractivity contribution is -0.142. The third-order valence-corrected chi connectivity index (χ3v) is 7.03. The monoisotopic (exact) mass is 504 g/mol. The number of sulfonamides is 1. The lowest BCUT2D eigenvalue weighted by Gasteiger charge is -2.30. The summed E-state index contributed by atoms with van der Waals surface area (Å²) in [7, 11) is -2.95. The maximum atomic E-state index is 13.1. The van der Waals surface area contributed by atoms with Gasteiger partial charge in [-0.1, -0.05) is 49.2 Å². The normalized spacial score (nSPS) is 13.8. The molecule has 2 aromatic rings. The van der Waals surface area contributed by atoms with Crippen LogP contribution in [0, 0.1) is 11.7 Å².